The Kier molecular flexibility index (Phi) is 6.04. The van der Waals surface area contributed by atoms with E-state index in [1.54, 1.807) is 31.2 Å². The van der Waals surface area contributed by atoms with Crippen LogP contribution in [0.4, 0.5) is 0 Å². The van der Waals surface area contributed by atoms with Gasteiger partial charge >= 0.3 is 29.0 Å². The van der Waals surface area contributed by atoms with E-state index in [4.69, 9.17) is 4.18 Å². The zero-order chi connectivity index (χ0) is 10.6. The zero-order valence-corrected chi connectivity index (χ0v) is 9.12. The summed E-state index contributed by atoms with van der Waals surface area (Å²) in [5.41, 5.74) is 0. The molecule has 15 heavy (non-hydrogen) atoms. The van der Waals surface area contributed by atoms with Gasteiger partial charge in [-0.15, -0.1) is 0 Å². The van der Waals surface area contributed by atoms with Crippen molar-refractivity contribution >= 4 is 29.0 Å². The molecule has 1 aromatic rings. The number of hydrogen-bond acceptors (Lipinski definition) is 3. The molecular formula is C10H15LiO3S. The number of rotatable bonds is 4. The van der Waals surface area contributed by atoms with Gasteiger partial charge in [0.25, 0.3) is 0 Å². The van der Waals surface area contributed by atoms with Gasteiger partial charge in [-0.2, -0.15) is 8.42 Å². The van der Waals surface area contributed by atoms with E-state index in [0.29, 0.717) is 12.2 Å². The van der Waals surface area contributed by atoms with Crippen molar-refractivity contribution in [2.75, 3.05) is 0 Å². The first-order valence-corrected chi connectivity index (χ1v) is 6.01. The van der Waals surface area contributed by atoms with Crippen LogP contribution in [0.1, 0.15) is 20.3 Å². The van der Waals surface area contributed by atoms with E-state index >= 15 is 0 Å². The van der Waals surface area contributed by atoms with Crippen molar-refractivity contribution in [1.82, 2.24) is 0 Å². The van der Waals surface area contributed by atoms with Crippen molar-refractivity contribution in [3.63, 3.8) is 0 Å². The Bertz CT molecular complexity index is 375. The molecule has 0 radical (unpaired) electrons. The average molecular weight is 222 g/mol. The third-order valence-corrected chi connectivity index (χ3v) is 3.77. The van der Waals surface area contributed by atoms with Crippen LogP contribution < -0.4 is 4.18 Å². The van der Waals surface area contributed by atoms with E-state index in [9.17, 15) is 8.42 Å². The second kappa shape index (κ2) is 6.22. The molecule has 0 amide bonds. The van der Waals surface area contributed by atoms with Gasteiger partial charge in [-0.1, -0.05) is 25.1 Å². The van der Waals surface area contributed by atoms with E-state index in [1.165, 1.54) is 0 Å². The van der Waals surface area contributed by atoms with Crippen LogP contribution in [0.2, 0.25) is 0 Å². The van der Waals surface area contributed by atoms with E-state index in [-0.39, 0.29) is 18.9 Å². The van der Waals surface area contributed by atoms with Crippen molar-refractivity contribution < 1.29 is 12.6 Å². The van der Waals surface area contributed by atoms with E-state index < -0.39 is 15.4 Å². The maximum absolute atomic E-state index is 11.5. The first-order valence-electron chi connectivity index (χ1n) is 4.54. The van der Waals surface area contributed by atoms with Crippen LogP contribution in [-0.2, 0) is 10.1 Å². The Morgan fingerprint density at radius 3 is 2.27 bits per heavy atom. The van der Waals surface area contributed by atoms with Crippen LogP contribution in [0.25, 0.3) is 0 Å². The number of para-hydroxylation sites is 1. The topological polar surface area (TPSA) is 43.4 Å². The van der Waals surface area contributed by atoms with Gasteiger partial charge in [0.15, 0.2) is 0 Å². The number of benzene rings is 1. The molecule has 0 saturated carbocycles. The van der Waals surface area contributed by atoms with Gasteiger partial charge in [0.2, 0.25) is 0 Å². The van der Waals surface area contributed by atoms with Crippen LogP contribution in [0.5, 0.6) is 5.75 Å². The molecule has 80 valence electrons. The molecule has 5 heteroatoms. The summed E-state index contributed by atoms with van der Waals surface area (Å²) in [6, 6.07) is 8.53. The minimum atomic E-state index is -3.46. The van der Waals surface area contributed by atoms with Gasteiger partial charge in [0.05, 0.1) is 5.25 Å². The Morgan fingerprint density at radius 1 is 1.27 bits per heavy atom. The predicted molar refractivity (Wildman–Crippen MR) is 62.9 cm³/mol. The summed E-state index contributed by atoms with van der Waals surface area (Å²) in [5.74, 6) is 0.368. The summed E-state index contributed by atoms with van der Waals surface area (Å²) >= 11 is 0. The van der Waals surface area contributed by atoms with Crippen molar-refractivity contribution in [3.05, 3.63) is 30.3 Å². The van der Waals surface area contributed by atoms with E-state index in [2.05, 4.69) is 0 Å². The normalized spacial score (nSPS) is 12.7. The standard InChI is InChI=1S/C10H14O3S.Li.H/c1-3-9(2)14(11,12)13-10-7-5-4-6-8-10;;/h4-9H,3H2,1-2H3;;. The third-order valence-electron chi connectivity index (χ3n) is 2.02. The second-order valence-electron chi connectivity index (χ2n) is 3.11. The molecule has 0 saturated heterocycles. The molecule has 0 aromatic heterocycles. The predicted octanol–water partition coefficient (Wildman–Crippen LogP) is 1.55. The molecule has 3 nitrogen and oxygen atoms in total. The molecular weight excluding hydrogens is 207 g/mol. The fourth-order valence-electron chi connectivity index (χ4n) is 0.896. The van der Waals surface area contributed by atoms with Crippen LogP contribution >= 0.6 is 0 Å². The maximum atomic E-state index is 11.5. The van der Waals surface area contributed by atoms with Gasteiger partial charge in [-0.25, -0.2) is 0 Å². The molecule has 1 atom stereocenters. The molecule has 0 aliphatic heterocycles. The van der Waals surface area contributed by atoms with Gasteiger partial charge in [-0.05, 0) is 25.5 Å². The SMILES string of the molecule is CCC(C)S(=O)(=O)Oc1ccccc1.[LiH]. The van der Waals surface area contributed by atoms with Gasteiger partial charge < -0.3 is 4.18 Å². The molecule has 1 rings (SSSR count). The van der Waals surface area contributed by atoms with Crippen LogP contribution in [-0.4, -0.2) is 32.5 Å². The van der Waals surface area contributed by atoms with Gasteiger partial charge in [0.1, 0.15) is 5.75 Å². The molecule has 0 fully saturated rings. The fourth-order valence-corrected chi connectivity index (χ4v) is 1.85. The Morgan fingerprint density at radius 2 is 1.80 bits per heavy atom. The second-order valence-corrected chi connectivity index (χ2v) is 5.07. The molecule has 0 aliphatic rings. The molecule has 0 N–H and O–H groups in total. The summed E-state index contributed by atoms with van der Waals surface area (Å²) in [5, 5.41) is -0.470. The molecule has 0 heterocycles. The van der Waals surface area contributed by atoms with Crippen LogP contribution in [0.3, 0.4) is 0 Å². The Hall–Kier alpha value is -0.433. The summed E-state index contributed by atoms with van der Waals surface area (Å²) in [6.45, 7) is 3.45. The van der Waals surface area contributed by atoms with Crippen LogP contribution in [0.15, 0.2) is 30.3 Å². The monoisotopic (exact) mass is 222 g/mol. The Labute approximate surface area is 103 Å². The summed E-state index contributed by atoms with van der Waals surface area (Å²) in [6.07, 6.45) is 0.551. The third kappa shape index (κ3) is 4.29. The van der Waals surface area contributed by atoms with E-state index in [1.807, 2.05) is 13.0 Å². The van der Waals surface area contributed by atoms with Crippen LogP contribution in [0, 0.1) is 0 Å². The van der Waals surface area contributed by atoms with Gasteiger partial charge in [0, 0.05) is 0 Å². The fraction of sp³-hybridized carbons (Fsp3) is 0.400. The van der Waals surface area contributed by atoms with Crippen molar-refractivity contribution in [2.24, 2.45) is 0 Å². The summed E-state index contributed by atoms with van der Waals surface area (Å²) in [4.78, 5) is 0. The van der Waals surface area contributed by atoms with Gasteiger partial charge in [-0.3, -0.25) is 0 Å². The van der Waals surface area contributed by atoms with Crippen molar-refractivity contribution in [2.45, 2.75) is 25.5 Å². The van der Waals surface area contributed by atoms with Crippen molar-refractivity contribution in [1.29, 1.82) is 0 Å². The van der Waals surface area contributed by atoms with Crippen molar-refractivity contribution in [3.8, 4) is 5.75 Å². The molecule has 1 unspecified atom stereocenters. The minimum absolute atomic E-state index is 0. The Balaban J connectivity index is 0.00000196. The summed E-state index contributed by atoms with van der Waals surface area (Å²) < 4.78 is 27.9. The average Bonchev–Trinajstić information content (AvgIpc) is 2.17. The molecule has 0 aliphatic carbocycles. The first-order chi connectivity index (χ1) is 6.56. The molecule has 0 bridgehead atoms. The molecule has 1 aromatic carbocycles. The first kappa shape index (κ1) is 14.6. The van der Waals surface area contributed by atoms with E-state index in [0.717, 1.165) is 0 Å². The number of hydrogen-bond donors (Lipinski definition) is 0. The zero-order valence-electron chi connectivity index (χ0n) is 8.30. The quantitative estimate of drug-likeness (QED) is 0.573. The summed E-state index contributed by atoms with van der Waals surface area (Å²) in [7, 11) is -3.46. The molecule has 0 spiro atoms.